The number of aromatic nitrogens is 4. The van der Waals surface area contributed by atoms with Crippen LogP contribution < -0.4 is 0 Å². The molecule has 0 unspecified atom stereocenters. The van der Waals surface area contributed by atoms with Gasteiger partial charge in [-0.15, -0.1) is 0 Å². The van der Waals surface area contributed by atoms with Crippen molar-refractivity contribution in [1.29, 1.82) is 0 Å². The van der Waals surface area contributed by atoms with E-state index in [1.54, 1.807) is 17.2 Å². The molecule has 1 fully saturated rings. The lowest BCUT2D eigenvalue weighted by Crippen LogP contribution is -2.38. The van der Waals surface area contributed by atoms with Crippen LogP contribution >= 0.6 is 11.8 Å². The largest absolute Gasteiger partial charge is 0.445 e. The molecule has 0 aliphatic carbocycles. The molecule has 190 valence electrons. The van der Waals surface area contributed by atoms with Crippen molar-refractivity contribution >= 4 is 17.9 Å². The summed E-state index contributed by atoms with van der Waals surface area (Å²) in [5.41, 5.74) is 4.66. The van der Waals surface area contributed by atoms with E-state index < -0.39 is 6.67 Å². The lowest BCUT2D eigenvalue weighted by Gasteiger charge is -2.30. The Hall–Kier alpha value is -3.72. The summed E-state index contributed by atoms with van der Waals surface area (Å²) in [4.78, 5) is 31.8. The highest BCUT2D eigenvalue weighted by Gasteiger charge is 2.28. The Labute approximate surface area is 219 Å². The number of imidazole rings is 1. The van der Waals surface area contributed by atoms with Gasteiger partial charge in [0.15, 0.2) is 5.16 Å². The van der Waals surface area contributed by atoms with Gasteiger partial charge in [-0.05, 0) is 42.4 Å². The summed E-state index contributed by atoms with van der Waals surface area (Å²) < 4.78 is 18.9. The van der Waals surface area contributed by atoms with Crippen molar-refractivity contribution in [3.8, 4) is 22.6 Å². The molecular formula is C28H28FN5O2S. The second kappa shape index (κ2) is 11.6. The Morgan fingerprint density at radius 3 is 2.62 bits per heavy atom. The molecule has 0 spiro atoms. The van der Waals surface area contributed by atoms with Gasteiger partial charge in [0.2, 0.25) is 0 Å². The Kier molecular flexibility index (Phi) is 7.79. The van der Waals surface area contributed by atoms with Crippen LogP contribution in [0.2, 0.25) is 0 Å². The maximum Gasteiger partial charge on any atom is 0.410 e. The van der Waals surface area contributed by atoms with E-state index >= 15 is 0 Å². The van der Waals surface area contributed by atoms with Crippen molar-refractivity contribution in [3.63, 3.8) is 0 Å². The predicted molar refractivity (Wildman–Crippen MR) is 142 cm³/mol. The standard InChI is InChI=1S/C28H28FN5O2S/c1-37-27-30-13-10-23(31-27)25-24(22-9-5-8-20(16-22)17-29)32-26(33-25)21-11-14-34(15-12-21)28(35)36-18-19-6-3-2-4-7-19/h2-10,13,16,21H,11-12,14-15,17-18H2,1H3,(H,32,33). The van der Waals surface area contributed by atoms with E-state index in [0.29, 0.717) is 23.8 Å². The predicted octanol–water partition coefficient (Wildman–Crippen LogP) is 6.24. The molecule has 4 aromatic rings. The molecule has 9 heteroatoms. The summed E-state index contributed by atoms with van der Waals surface area (Å²) in [6.45, 7) is 0.902. The Morgan fingerprint density at radius 1 is 1.08 bits per heavy atom. The highest BCUT2D eigenvalue weighted by Crippen LogP contribution is 2.35. The van der Waals surface area contributed by atoms with Crippen LogP contribution in [0.4, 0.5) is 9.18 Å². The van der Waals surface area contributed by atoms with Crippen LogP contribution in [0.1, 0.15) is 35.7 Å². The molecule has 37 heavy (non-hydrogen) atoms. The Balaban J connectivity index is 1.34. The number of benzene rings is 2. The van der Waals surface area contributed by atoms with Gasteiger partial charge in [0.25, 0.3) is 0 Å². The monoisotopic (exact) mass is 517 g/mol. The highest BCUT2D eigenvalue weighted by atomic mass is 32.2. The second-order valence-electron chi connectivity index (χ2n) is 8.91. The van der Waals surface area contributed by atoms with Crippen molar-refractivity contribution in [3.05, 3.63) is 83.8 Å². The van der Waals surface area contributed by atoms with E-state index in [-0.39, 0.29) is 18.6 Å². The molecule has 0 radical (unpaired) electrons. The second-order valence-corrected chi connectivity index (χ2v) is 9.68. The number of likely N-dealkylation sites (tertiary alicyclic amines) is 1. The molecule has 0 atom stereocenters. The van der Waals surface area contributed by atoms with E-state index in [2.05, 4.69) is 15.0 Å². The molecule has 1 N–H and O–H groups in total. The van der Waals surface area contributed by atoms with Crippen LogP contribution in [0, 0.1) is 0 Å². The number of H-pyrrole nitrogens is 1. The first-order chi connectivity index (χ1) is 18.1. The number of nitrogens with one attached hydrogen (secondary N) is 1. The number of ether oxygens (including phenoxy) is 1. The van der Waals surface area contributed by atoms with Crippen molar-refractivity contribution < 1.29 is 13.9 Å². The van der Waals surface area contributed by atoms with Gasteiger partial charge in [-0.25, -0.2) is 24.1 Å². The van der Waals surface area contributed by atoms with Gasteiger partial charge in [0.05, 0.1) is 17.1 Å². The van der Waals surface area contributed by atoms with Crippen molar-refractivity contribution in [2.75, 3.05) is 19.3 Å². The van der Waals surface area contributed by atoms with Gasteiger partial charge < -0.3 is 14.6 Å². The number of carbonyl (C=O) groups excluding carboxylic acids is 1. The number of aromatic amines is 1. The molecule has 7 nitrogen and oxygen atoms in total. The smallest absolute Gasteiger partial charge is 0.410 e. The minimum atomic E-state index is -0.538. The number of amides is 1. The number of alkyl halides is 1. The zero-order valence-electron chi connectivity index (χ0n) is 20.6. The minimum Gasteiger partial charge on any atom is -0.445 e. The average Bonchev–Trinajstić information content (AvgIpc) is 3.42. The lowest BCUT2D eigenvalue weighted by atomic mass is 9.96. The number of thioether (sulfide) groups is 1. The summed E-state index contributed by atoms with van der Waals surface area (Å²) in [5.74, 6) is 0.995. The van der Waals surface area contributed by atoms with Gasteiger partial charge in [-0.2, -0.15) is 0 Å². The van der Waals surface area contributed by atoms with Gasteiger partial charge in [0.1, 0.15) is 19.1 Å². The topological polar surface area (TPSA) is 84.0 Å². The van der Waals surface area contributed by atoms with E-state index in [1.165, 1.54) is 11.8 Å². The summed E-state index contributed by atoms with van der Waals surface area (Å²) in [7, 11) is 0. The summed E-state index contributed by atoms with van der Waals surface area (Å²) in [6.07, 6.45) is 4.89. The van der Waals surface area contributed by atoms with Crippen LogP contribution in [0.5, 0.6) is 0 Å². The first-order valence-electron chi connectivity index (χ1n) is 12.2. The van der Waals surface area contributed by atoms with E-state index in [0.717, 1.165) is 46.9 Å². The number of nitrogens with zero attached hydrogens (tertiary/aromatic N) is 4. The number of piperidine rings is 1. The minimum absolute atomic E-state index is 0.150. The van der Waals surface area contributed by atoms with Crippen LogP contribution in [0.25, 0.3) is 22.6 Å². The molecule has 1 saturated heterocycles. The molecule has 1 aliphatic rings. The van der Waals surface area contributed by atoms with Crippen molar-refractivity contribution in [2.45, 2.75) is 37.2 Å². The molecule has 5 rings (SSSR count). The molecule has 0 saturated carbocycles. The van der Waals surface area contributed by atoms with E-state index in [1.807, 2.05) is 60.9 Å². The number of hydrogen-bond acceptors (Lipinski definition) is 6. The normalized spacial score (nSPS) is 14.1. The fraction of sp³-hybridized carbons (Fsp3) is 0.286. The number of carbonyl (C=O) groups is 1. The third kappa shape index (κ3) is 5.83. The van der Waals surface area contributed by atoms with Crippen molar-refractivity contribution in [2.24, 2.45) is 0 Å². The van der Waals surface area contributed by atoms with Gasteiger partial charge >= 0.3 is 6.09 Å². The molecule has 3 heterocycles. The molecule has 1 aliphatic heterocycles. The first-order valence-corrected chi connectivity index (χ1v) is 13.4. The molecule has 1 amide bonds. The van der Waals surface area contributed by atoms with Gasteiger partial charge in [-0.3, -0.25) is 0 Å². The summed E-state index contributed by atoms with van der Waals surface area (Å²) >= 11 is 1.47. The SMILES string of the molecule is CSc1nccc(-c2[nH]c(C3CCN(C(=O)OCc4ccccc4)CC3)nc2-c2cccc(CF)c2)n1. The zero-order valence-corrected chi connectivity index (χ0v) is 21.4. The van der Waals surface area contributed by atoms with Crippen molar-refractivity contribution in [1.82, 2.24) is 24.8 Å². The lowest BCUT2D eigenvalue weighted by molar-refractivity contribution is 0.0866. The van der Waals surface area contributed by atoms with Crippen LogP contribution in [-0.4, -0.2) is 50.3 Å². The van der Waals surface area contributed by atoms with E-state index in [9.17, 15) is 9.18 Å². The summed E-state index contributed by atoms with van der Waals surface area (Å²) in [6, 6.07) is 18.9. The number of rotatable bonds is 7. The molecule has 2 aromatic carbocycles. The van der Waals surface area contributed by atoms with Crippen LogP contribution in [-0.2, 0) is 18.0 Å². The average molecular weight is 518 g/mol. The third-order valence-electron chi connectivity index (χ3n) is 6.49. The van der Waals surface area contributed by atoms with Gasteiger partial charge in [-0.1, -0.05) is 60.3 Å². The Bertz CT molecular complexity index is 1290. The number of hydrogen-bond donors (Lipinski definition) is 1. The first kappa shape index (κ1) is 25.0. The van der Waals surface area contributed by atoms with Crippen LogP contribution in [0.15, 0.2) is 72.0 Å². The zero-order chi connectivity index (χ0) is 25.6. The maximum atomic E-state index is 13.4. The fourth-order valence-corrected chi connectivity index (χ4v) is 4.86. The maximum absolute atomic E-state index is 13.4. The molecule has 2 aromatic heterocycles. The fourth-order valence-electron chi connectivity index (χ4n) is 4.51. The quantitative estimate of drug-likeness (QED) is 0.231. The Morgan fingerprint density at radius 2 is 1.86 bits per heavy atom. The molecule has 0 bridgehead atoms. The highest BCUT2D eigenvalue weighted by molar-refractivity contribution is 7.98. The van der Waals surface area contributed by atoms with E-state index in [4.69, 9.17) is 9.72 Å². The van der Waals surface area contributed by atoms with Gasteiger partial charge in [0, 0.05) is 30.8 Å². The summed E-state index contributed by atoms with van der Waals surface area (Å²) in [5, 5.41) is 0.666. The van der Waals surface area contributed by atoms with Crippen LogP contribution in [0.3, 0.4) is 0 Å². The third-order valence-corrected chi connectivity index (χ3v) is 7.06. The number of halogens is 1. The molecular weight excluding hydrogens is 489 g/mol.